The van der Waals surface area contributed by atoms with E-state index in [0.29, 0.717) is 12.1 Å². The molecular weight excluding hydrogens is 262 g/mol. The summed E-state index contributed by atoms with van der Waals surface area (Å²) in [5.41, 5.74) is 1.10. The quantitative estimate of drug-likeness (QED) is 0.848. The zero-order chi connectivity index (χ0) is 14.2. The topological polar surface area (TPSA) is 28.6 Å². The van der Waals surface area contributed by atoms with Crippen LogP contribution in [0.15, 0.2) is 18.2 Å². The van der Waals surface area contributed by atoms with Gasteiger partial charge in [-0.1, -0.05) is 6.07 Å². The minimum absolute atomic E-state index is 0.459. The second kappa shape index (κ2) is 5.58. The van der Waals surface area contributed by atoms with Gasteiger partial charge in [0.25, 0.3) is 0 Å². The normalized spacial score (nSPS) is 29.7. The highest BCUT2D eigenvalue weighted by Crippen LogP contribution is 2.31. The largest absolute Gasteiger partial charge is 0.377 e. The van der Waals surface area contributed by atoms with Crippen LogP contribution in [0.25, 0.3) is 0 Å². The first-order chi connectivity index (χ1) is 10.3. The average Bonchev–Trinajstić information content (AvgIpc) is 3.23. The van der Waals surface area contributed by atoms with E-state index in [1.54, 1.807) is 0 Å². The maximum absolute atomic E-state index is 6.10. The molecular formula is C17H25N3O. The molecule has 1 aliphatic carbocycles. The number of fused-ring (bicyclic) bond motifs is 1. The Labute approximate surface area is 127 Å². The van der Waals surface area contributed by atoms with Gasteiger partial charge in [-0.2, -0.15) is 0 Å². The first kappa shape index (κ1) is 13.5. The molecule has 0 bridgehead atoms. The minimum Gasteiger partial charge on any atom is -0.377 e. The van der Waals surface area contributed by atoms with E-state index in [-0.39, 0.29) is 0 Å². The van der Waals surface area contributed by atoms with Crippen LogP contribution in [0.2, 0.25) is 0 Å². The molecule has 0 radical (unpaired) electrons. The van der Waals surface area contributed by atoms with Crippen LogP contribution in [0.5, 0.6) is 0 Å². The van der Waals surface area contributed by atoms with Gasteiger partial charge in [0.05, 0.1) is 6.10 Å². The molecule has 3 heterocycles. The zero-order valence-electron chi connectivity index (χ0n) is 12.9. The summed E-state index contributed by atoms with van der Waals surface area (Å²) in [6.45, 7) is 7.52. The van der Waals surface area contributed by atoms with Gasteiger partial charge in [-0.15, -0.1) is 0 Å². The molecule has 0 spiro atoms. The molecule has 0 N–H and O–H groups in total. The second-order valence-corrected chi connectivity index (χ2v) is 6.87. The fraction of sp³-hybridized carbons (Fsp3) is 0.706. The Bertz CT molecular complexity index is 503. The molecule has 2 saturated heterocycles. The van der Waals surface area contributed by atoms with Gasteiger partial charge in [0.15, 0.2) is 0 Å². The number of rotatable bonds is 4. The molecule has 21 heavy (non-hydrogen) atoms. The summed E-state index contributed by atoms with van der Waals surface area (Å²) in [7, 11) is 0. The Morgan fingerprint density at radius 1 is 1.24 bits per heavy atom. The molecule has 2 aliphatic heterocycles. The molecule has 114 valence electrons. The molecule has 0 unspecified atom stereocenters. The van der Waals surface area contributed by atoms with Crippen LogP contribution < -0.4 is 4.90 Å². The lowest BCUT2D eigenvalue weighted by Crippen LogP contribution is -2.50. The van der Waals surface area contributed by atoms with E-state index in [4.69, 9.17) is 4.74 Å². The van der Waals surface area contributed by atoms with E-state index < -0.39 is 0 Å². The molecule has 4 nitrogen and oxygen atoms in total. The fourth-order valence-electron chi connectivity index (χ4n) is 3.59. The smallest absolute Gasteiger partial charge is 0.128 e. The van der Waals surface area contributed by atoms with Crippen molar-refractivity contribution in [1.29, 1.82) is 0 Å². The number of piperazine rings is 1. The van der Waals surface area contributed by atoms with Crippen LogP contribution in [0, 0.1) is 12.8 Å². The van der Waals surface area contributed by atoms with E-state index in [9.17, 15) is 0 Å². The number of pyridine rings is 1. The maximum atomic E-state index is 6.10. The van der Waals surface area contributed by atoms with Gasteiger partial charge in [0, 0.05) is 44.5 Å². The van der Waals surface area contributed by atoms with E-state index in [1.807, 2.05) is 0 Å². The van der Waals surface area contributed by atoms with Crippen LogP contribution in [0.4, 0.5) is 5.82 Å². The van der Waals surface area contributed by atoms with Gasteiger partial charge in [-0.3, -0.25) is 4.90 Å². The summed E-state index contributed by atoms with van der Waals surface area (Å²) in [4.78, 5) is 9.73. The Morgan fingerprint density at radius 2 is 2.14 bits per heavy atom. The Morgan fingerprint density at radius 3 is 2.95 bits per heavy atom. The standard InChI is InChI=1S/C17H25N3O/c1-13-3-2-4-17(18-13)20-8-7-19-11-16(9-15(19)10-20)21-12-14-5-6-14/h2-4,14-16H,5-12H2,1H3/t15-,16+/m0/s1. The third-order valence-corrected chi connectivity index (χ3v) is 5.04. The average molecular weight is 287 g/mol. The van der Waals surface area contributed by atoms with Crippen LogP contribution in [-0.4, -0.2) is 54.8 Å². The van der Waals surface area contributed by atoms with Crippen molar-refractivity contribution in [2.24, 2.45) is 5.92 Å². The SMILES string of the molecule is Cc1cccc(N2CCN3C[C@H](OCC4CC4)C[C@H]3C2)n1. The second-order valence-electron chi connectivity index (χ2n) is 6.87. The Hall–Kier alpha value is -1.13. The zero-order valence-corrected chi connectivity index (χ0v) is 12.9. The van der Waals surface area contributed by atoms with Gasteiger partial charge in [0.1, 0.15) is 5.82 Å². The van der Waals surface area contributed by atoms with Crippen LogP contribution in [0.1, 0.15) is 25.0 Å². The van der Waals surface area contributed by atoms with E-state index in [0.717, 1.165) is 50.2 Å². The van der Waals surface area contributed by atoms with Crippen LogP contribution >= 0.6 is 0 Å². The van der Waals surface area contributed by atoms with Crippen molar-refractivity contribution >= 4 is 5.82 Å². The molecule has 4 rings (SSSR count). The van der Waals surface area contributed by atoms with E-state index >= 15 is 0 Å². The number of nitrogens with zero attached hydrogens (tertiary/aromatic N) is 3. The van der Waals surface area contributed by atoms with Crippen molar-refractivity contribution in [3.8, 4) is 0 Å². The number of aromatic nitrogens is 1. The van der Waals surface area contributed by atoms with Gasteiger partial charge in [0.2, 0.25) is 0 Å². The number of hydrogen-bond acceptors (Lipinski definition) is 4. The summed E-state index contributed by atoms with van der Waals surface area (Å²) in [5, 5.41) is 0. The van der Waals surface area contributed by atoms with Gasteiger partial charge in [-0.25, -0.2) is 4.98 Å². The third kappa shape index (κ3) is 3.06. The van der Waals surface area contributed by atoms with Gasteiger partial charge < -0.3 is 9.64 Å². The molecule has 2 atom stereocenters. The molecule has 1 saturated carbocycles. The highest BCUT2D eigenvalue weighted by atomic mass is 16.5. The fourth-order valence-corrected chi connectivity index (χ4v) is 3.59. The van der Waals surface area contributed by atoms with Crippen molar-refractivity contribution in [1.82, 2.24) is 9.88 Å². The lowest BCUT2D eigenvalue weighted by molar-refractivity contribution is 0.0521. The van der Waals surface area contributed by atoms with Gasteiger partial charge >= 0.3 is 0 Å². The summed E-state index contributed by atoms with van der Waals surface area (Å²) in [5.74, 6) is 2.01. The molecule has 3 aliphatic rings. The monoisotopic (exact) mass is 287 g/mol. The summed E-state index contributed by atoms with van der Waals surface area (Å²) in [6.07, 6.45) is 4.41. The lowest BCUT2D eigenvalue weighted by Gasteiger charge is -2.38. The first-order valence-electron chi connectivity index (χ1n) is 8.32. The summed E-state index contributed by atoms with van der Waals surface area (Å²) >= 11 is 0. The summed E-state index contributed by atoms with van der Waals surface area (Å²) in [6, 6.07) is 6.96. The highest BCUT2D eigenvalue weighted by Gasteiger charge is 2.37. The molecule has 0 aromatic carbocycles. The molecule has 1 aromatic rings. The highest BCUT2D eigenvalue weighted by molar-refractivity contribution is 5.40. The predicted molar refractivity (Wildman–Crippen MR) is 83.6 cm³/mol. The molecule has 0 amide bonds. The predicted octanol–water partition coefficient (Wildman–Crippen LogP) is 2.08. The molecule has 3 fully saturated rings. The Kier molecular flexibility index (Phi) is 3.59. The molecule has 4 heteroatoms. The van der Waals surface area contributed by atoms with Crippen molar-refractivity contribution < 1.29 is 4.74 Å². The van der Waals surface area contributed by atoms with E-state index in [1.165, 1.54) is 19.3 Å². The maximum Gasteiger partial charge on any atom is 0.128 e. The number of hydrogen-bond donors (Lipinski definition) is 0. The third-order valence-electron chi connectivity index (χ3n) is 5.04. The van der Waals surface area contributed by atoms with Gasteiger partial charge in [-0.05, 0) is 44.2 Å². The van der Waals surface area contributed by atoms with Crippen LogP contribution in [0.3, 0.4) is 0 Å². The first-order valence-corrected chi connectivity index (χ1v) is 8.32. The van der Waals surface area contributed by atoms with Crippen LogP contribution in [-0.2, 0) is 4.74 Å². The number of aryl methyl sites for hydroxylation is 1. The van der Waals surface area contributed by atoms with Crippen molar-refractivity contribution in [2.75, 3.05) is 37.7 Å². The Balaban J connectivity index is 1.36. The minimum atomic E-state index is 0.459. The van der Waals surface area contributed by atoms with E-state index in [2.05, 4.69) is 39.9 Å². The summed E-state index contributed by atoms with van der Waals surface area (Å²) < 4.78 is 6.10. The molecule has 1 aromatic heterocycles. The van der Waals surface area contributed by atoms with Crippen molar-refractivity contribution in [2.45, 2.75) is 38.3 Å². The van der Waals surface area contributed by atoms with Crippen molar-refractivity contribution in [3.63, 3.8) is 0 Å². The van der Waals surface area contributed by atoms with Crippen molar-refractivity contribution in [3.05, 3.63) is 23.9 Å². The lowest BCUT2D eigenvalue weighted by atomic mass is 10.1. The number of anilines is 1. The number of ether oxygens (including phenoxy) is 1.